The molecule has 17 heavy (non-hydrogen) atoms. The second-order valence-corrected chi connectivity index (χ2v) is 5.77. The first-order valence-electron chi connectivity index (χ1n) is 5.62. The van der Waals surface area contributed by atoms with Crippen molar-refractivity contribution in [3.8, 4) is 0 Å². The average Bonchev–Trinajstić information content (AvgIpc) is 2.75. The van der Waals surface area contributed by atoms with Crippen molar-refractivity contribution < 1.29 is 0 Å². The summed E-state index contributed by atoms with van der Waals surface area (Å²) in [5.74, 6) is 0.908. The Bertz CT molecular complexity index is 508. The van der Waals surface area contributed by atoms with Crippen LogP contribution < -0.4 is 5.32 Å². The number of rotatable bonds is 4. The first-order valence-corrected chi connectivity index (χ1v) is 7.29. The van der Waals surface area contributed by atoms with Gasteiger partial charge in [-0.25, -0.2) is 4.98 Å². The molecule has 2 aromatic heterocycles. The number of aryl methyl sites for hydroxylation is 2. The molecule has 0 aliphatic carbocycles. The monoisotopic (exact) mass is 310 g/mol. The lowest BCUT2D eigenvalue weighted by Crippen LogP contribution is -2.02. The molecule has 0 radical (unpaired) electrons. The predicted octanol–water partition coefficient (Wildman–Crippen LogP) is 4.39. The molecule has 2 nitrogen and oxygen atoms in total. The highest BCUT2D eigenvalue weighted by molar-refractivity contribution is 9.10. The molecule has 2 aromatic rings. The lowest BCUT2D eigenvalue weighted by atomic mass is 10.2. The Hall–Kier alpha value is -0.870. The van der Waals surface area contributed by atoms with Gasteiger partial charge in [0.25, 0.3) is 0 Å². The molecule has 0 atom stereocenters. The van der Waals surface area contributed by atoms with Crippen LogP contribution in [0.5, 0.6) is 0 Å². The Morgan fingerprint density at radius 2 is 2.29 bits per heavy atom. The summed E-state index contributed by atoms with van der Waals surface area (Å²) < 4.78 is 1.02. The van der Waals surface area contributed by atoms with Crippen molar-refractivity contribution in [1.29, 1.82) is 0 Å². The molecule has 0 aliphatic heterocycles. The van der Waals surface area contributed by atoms with Crippen LogP contribution in [0.25, 0.3) is 0 Å². The Balaban J connectivity index is 2.07. The highest BCUT2D eigenvalue weighted by Crippen LogP contribution is 2.23. The van der Waals surface area contributed by atoms with Gasteiger partial charge in [0.05, 0.1) is 11.0 Å². The molecule has 0 fully saturated rings. The van der Waals surface area contributed by atoms with Gasteiger partial charge in [0.2, 0.25) is 0 Å². The molecular weight excluding hydrogens is 296 g/mol. The van der Waals surface area contributed by atoms with E-state index in [0.29, 0.717) is 0 Å². The number of hydrogen-bond acceptors (Lipinski definition) is 3. The first kappa shape index (κ1) is 12.6. The van der Waals surface area contributed by atoms with Gasteiger partial charge in [-0.15, -0.1) is 11.3 Å². The second kappa shape index (κ2) is 5.65. The van der Waals surface area contributed by atoms with Crippen LogP contribution in [0.1, 0.15) is 22.9 Å². The first-order chi connectivity index (χ1) is 8.20. The van der Waals surface area contributed by atoms with Crippen molar-refractivity contribution in [3.05, 3.63) is 44.2 Å². The highest BCUT2D eigenvalue weighted by Gasteiger charge is 2.05. The topological polar surface area (TPSA) is 24.9 Å². The van der Waals surface area contributed by atoms with Gasteiger partial charge in [0, 0.05) is 11.1 Å². The maximum atomic E-state index is 4.38. The van der Waals surface area contributed by atoms with E-state index in [0.717, 1.165) is 28.8 Å². The number of hydrogen-bond donors (Lipinski definition) is 1. The van der Waals surface area contributed by atoms with Crippen LogP contribution in [0, 0.1) is 6.92 Å². The molecule has 0 saturated heterocycles. The molecule has 0 spiro atoms. The van der Waals surface area contributed by atoms with E-state index in [1.807, 2.05) is 13.1 Å². The number of pyridine rings is 1. The summed E-state index contributed by atoms with van der Waals surface area (Å²) in [5, 5.41) is 5.52. The van der Waals surface area contributed by atoms with Gasteiger partial charge in [-0.2, -0.15) is 0 Å². The van der Waals surface area contributed by atoms with Gasteiger partial charge in [-0.1, -0.05) is 6.92 Å². The number of thiophene rings is 1. The van der Waals surface area contributed by atoms with Crippen LogP contribution in [0.4, 0.5) is 5.82 Å². The molecule has 2 rings (SSSR count). The second-order valence-electron chi connectivity index (χ2n) is 3.92. The summed E-state index contributed by atoms with van der Waals surface area (Å²) in [5.41, 5.74) is 2.58. The minimum atomic E-state index is 0.843. The van der Waals surface area contributed by atoms with Crippen LogP contribution in [-0.4, -0.2) is 4.98 Å². The van der Waals surface area contributed by atoms with Crippen LogP contribution >= 0.6 is 27.3 Å². The molecule has 0 aromatic carbocycles. The number of nitrogens with zero attached hydrogens (tertiary/aromatic N) is 1. The van der Waals surface area contributed by atoms with E-state index in [2.05, 4.69) is 50.7 Å². The van der Waals surface area contributed by atoms with E-state index in [4.69, 9.17) is 0 Å². The Morgan fingerprint density at radius 1 is 1.47 bits per heavy atom. The summed E-state index contributed by atoms with van der Waals surface area (Å²) in [4.78, 5) is 5.77. The number of anilines is 1. The molecule has 0 unspecified atom stereocenters. The molecule has 0 saturated carbocycles. The molecule has 0 amide bonds. The lowest BCUT2D eigenvalue weighted by Gasteiger charge is -2.08. The Morgan fingerprint density at radius 3 is 3.00 bits per heavy atom. The number of nitrogens with one attached hydrogen (secondary N) is 1. The van der Waals surface area contributed by atoms with E-state index in [1.165, 1.54) is 10.4 Å². The van der Waals surface area contributed by atoms with Crippen molar-refractivity contribution in [2.75, 3.05) is 5.32 Å². The SMILES string of the molecule is CCc1ccsc1CNc1ncc(C)cc1Br. The average molecular weight is 311 g/mol. The van der Waals surface area contributed by atoms with Crippen molar-refractivity contribution in [3.63, 3.8) is 0 Å². The zero-order valence-electron chi connectivity index (χ0n) is 9.96. The third-order valence-corrected chi connectivity index (χ3v) is 4.18. The van der Waals surface area contributed by atoms with Gasteiger partial charge < -0.3 is 5.32 Å². The van der Waals surface area contributed by atoms with E-state index < -0.39 is 0 Å². The summed E-state index contributed by atoms with van der Waals surface area (Å²) in [6, 6.07) is 4.27. The summed E-state index contributed by atoms with van der Waals surface area (Å²) >= 11 is 5.32. The lowest BCUT2D eigenvalue weighted by molar-refractivity contribution is 1.06. The zero-order valence-corrected chi connectivity index (χ0v) is 12.4. The highest BCUT2D eigenvalue weighted by atomic mass is 79.9. The van der Waals surface area contributed by atoms with E-state index in [-0.39, 0.29) is 0 Å². The Labute approximate surface area is 114 Å². The Kier molecular flexibility index (Phi) is 4.18. The summed E-state index contributed by atoms with van der Waals surface area (Å²) in [7, 11) is 0. The molecule has 2 heterocycles. The third-order valence-electron chi connectivity index (χ3n) is 2.61. The minimum absolute atomic E-state index is 0.843. The summed E-state index contributed by atoms with van der Waals surface area (Å²) in [6.45, 7) is 5.07. The van der Waals surface area contributed by atoms with Gasteiger partial charge in [0.15, 0.2) is 0 Å². The van der Waals surface area contributed by atoms with Crippen molar-refractivity contribution >= 4 is 33.1 Å². The van der Waals surface area contributed by atoms with E-state index in [1.54, 1.807) is 11.3 Å². The number of aromatic nitrogens is 1. The molecule has 4 heteroatoms. The van der Waals surface area contributed by atoms with Gasteiger partial charge in [0.1, 0.15) is 5.82 Å². The van der Waals surface area contributed by atoms with E-state index in [9.17, 15) is 0 Å². The van der Waals surface area contributed by atoms with Crippen LogP contribution in [0.2, 0.25) is 0 Å². The van der Waals surface area contributed by atoms with Gasteiger partial charge >= 0.3 is 0 Å². The molecular formula is C13H15BrN2S. The third kappa shape index (κ3) is 3.07. The van der Waals surface area contributed by atoms with E-state index >= 15 is 0 Å². The fourth-order valence-corrected chi connectivity index (χ4v) is 3.18. The molecule has 0 bridgehead atoms. The van der Waals surface area contributed by atoms with Crippen LogP contribution in [-0.2, 0) is 13.0 Å². The normalized spacial score (nSPS) is 10.5. The van der Waals surface area contributed by atoms with Crippen molar-refractivity contribution in [2.24, 2.45) is 0 Å². The quantitative estimate of drug-likeness (QED) is 0.906. The maximum Gasteiger partial charge on any atom is 0.140 e. The summed E-state index contributed by atoms with van der Waals surface area (Å²) in [6.07, 6.45) is 2.96. The standard InChI is InChI=1S/C13H15BrN2S/c1-3-10-4-5-17-12(10)8-16-13-11(14)6-9(2)7-15-13/h4-7H,3,8H2,1-2H3,(H,15,16). The largest absolute Gasteiger partial charge is 0.364 e. The van der Waals surface area contributed by atoms with Crippen molar-refractivity contribution in [1.82, 2.24) is 4.98 Å². The van der Waals surface area contributed by atoms with Gasteiger partial charge in [-0.3, -0.25) is 0 Å². The maximum absolute atomic E-state index is 4.38. The fourth-order valence-electron chi connectivity index (χ4n) is 1.66. The molecule has 90 valence electrons. The number of halogens is 1. The minimum Gasteiger partial charge on any atom is -0.364 e. The van der Waals surface area contributed by atoms with Gasteiger partial charge in [-0.05, 0) is 57.9 Å². The fraction of sp³-hybridized carbons (Fsp3) is 0.308. The smallest absolute Gasteiger partial charge is 0.140 e. The molecule has 0 aliphatic rings. The molecule has 1 N–H and O–H groups in total. The predicted molar refractivity (Wildman–Crippen MR) is 77.7 cm³/mol. The zero-order chi connectivity index (χ0) is 12.3. The van der Waals surface area contributed by atoms with Crippen molar-refractivity contribution in [2.45, 2.75) is 26.8 Å². The van der Waals surface area contributed by atoms with Crippen LogP contribution in [0.15, 0.2) is 28.2 Å². The van der Waals surface area contributed by atoms with Crippen LogP contribution in [0.3, 0.4) is 0 Å².